The number of piperidine rings is 1. The number of carbonyl (C=O) groups is 6. The third kappa shape index (κ3) is 16.8. The Morgan fingerprint density at radius 3 is 1.74 bits per heavy atom. The highest BCUT2D eigenvalue weighted by molar-refractivity contribution is 5.92. The van der Waals surface area contributed by atoms with Gasteiger partial charge in [0.2, 0.25) is 17.6 Å². The molecule has 3 aromatic rings. The number of carboxylic acid groups (broad SMARTS) is 3. The number of carbonyl (C=O) groups excluding carboxylic acids is 3. The van der Waals surface area contributed by atoms with Gasteiger partial charge in [0.05, 0.1) is 51.4 Å². The number of hydrogen-bond donors (Lipinski definition) is 7. The van der Waals surface area contributed by atoms with Crippen LogP contribution in [0.15, 0.2) is 36.4 Å². The largest absolute Gasteiger partial charge is 0.508 e. The average molecular weight is 965 g/mol. The third-order valence-electron chi connectivity index (χ3n) is 12.3. The zero-order chi connectivity index (χ0) is 50.0. The standard InChI is InChI=1S/C47H68N10O12/c1-4-48-47(68)46-51-50-45(37-26-36(32(2)3)38(58)27-39(37)59)57(46)35-7-5-33(6-8-35)25-34-9-13-56(14-10-34)41(61)11-23-69-24-12-49-40(60)28-52-15-17-53(29-42(62)63)19-21-55(31-44(66)67)22-20-54(18-16-52)30-43(64)65/h5-8,26-27,32,34,58-59H,4,9-25,28-31H2,1-3H3,(H,48,68)(H,49,60)(H,62,63)(H,64,65)(H,66,67). The van der Waals surface area contributed by atoms with Crippen molar-refractivity contribution in [1.82, 2.24) is 49.9 Å². The minimum atomic E-state index is -1.03. The van der Waals surface area contributed by atoms with Gasteiger partial charge < -0.3 is 45.8 Å². The zero-order valence-electron chi connectivity index (χ0n) is 39.8. The van der Waals surface area contributed by atoms with Crippen molar-refractivity contribution >= 4 is 35.6 Å². The molecule has 2 fully saturated rings. The smallest absolute Gasteiger partial charge is 0.317 e. The number of phenols is 2. The van der Waals surface area contributed by atoms with E-state index in [4.69, 9.17) is 4.74 Å². The second-order valence-corrected chi connectivity index (χ2v) is 17.8. The highest BCUT2D eigenvalue weighted by atomic mass is 16.5. The summed E-state index contributed by atoms with van der Waals surface area (Å²) in [5.41, 5.74) is 2.66. The first-order chi connectivity index (χ1) is 33.0. The lowest BCUT2D eigenvalue weighted by Gasteiger charge is -2.32. The number of benzene rings is 2. The van der Waals surface area contributed by atoms with Gasteiger partial charge in [-0.2, -0.15) is 0 Å². The normalized spacial score (nSPS) is 16.4. The molecule has 0 aliphatic carbocycles. The van der Waals surface area contributed by atoms with Gasteiger partial charge in [0, 0.05) is 90.3 Å². The van der Waals surface area contributed by atoms with Gasteiger partial charge in [0.1, 0.15) is 11.5 Å². The Kier molecular flexibility index (Phi) is 20.7. The number of hydrogen-bond acceptors (Lipinski definition) is 15. The fourth-order valence-electron chi connectivity index (χ4n) is 8.55. The number of amides is 3. The molecule has 69 heavy (non-hydrogen) atoms. The predicted molar refractivity (Wildman–Crippen MR) is 252 cm³/mol. The zero-order valence-corrected chi connectivity index (χ0v) is 39.8. The van der Waals surface area contributed by atoms with Crippen LogP contribution in [0.1, 0.15) is 67.7 Å². The molecule has 1 aromatic heterocycles. The third-order valence-corrected chi connectivity index (χ3v) is 12.3. The lowest BCUT2D eigenvalue weighted by atomic mass is 9.90. The van der Waals surface area contributed by atoms with E-state index in [0.29, 0.717) is 68.5 Å². The number of nitrogens with zero attached hydrogens (tertiary/aromatic N) is 8. The second kappa shape index (κ2) is 26.5. The number of aromatic nitrogens is 3. The molecule has 0 bridgehead atoms. The molecule has 3 heterocycles. The van der Waals surface area contributed by atoms with Crippen LogP contribution in [0.4, 0.5) is 0 Å². The highest BCUT2D eigenvalue weighted by Crippen LogP contribution is 2.38. The van der Waals surface area contributed by atoms with Crippen LogP contribution < -0.4 is 10.6 Å². The van der Waals surface area contributed by atoms with Gasteiger partial charge in [-0.25, -0.2) is 0 Å². The molecule has 22 heteroatoms. The molecule has 3 amide bonds. The van der Waals surface area contributed by atoms with Crippen molar-refractivity contribution in [2.45, 2.75) is 52.4 Å². The van der Waals surface area contributed by atoms with E-state index in [-0.39, 0.29) is 119 Å². The first-order valence-electron chi connectivity index (χ1n) is 23.6. The average Bonchev–Trinajstić information content (AvgIpc) is 3.73. The van der Waals surface area contributed by atoms with Gasteiger partial charge in [0.15, 0.2) is 5.82 Å². The molecule has 378 valence electrons. The number of aromatic hydroxyl groups is 2. The van der Waals surface area contributed by atoms with Crippen molar-refractivity contribution in [1.29, 1.82) is 0 Å². The lowest BCUT2D eigenvalue weighted by molar-refractivity contribution is -0.140. The Balaban J connectivity index is 1.05. The molecule has 0 atom stereocenters. The summed E-state index contributed by atoms with van der Waals surface area (Å²) in [6, 6.07) is 10.7. The van der Waals surface area contributed by atoms with Gasteiger partial charge >= 0.3 is 17.9 Å². The van der Waals surface area contributed by atoms with E-state index in [1.165, 1.54) is 6.07 Å². The van der Waals surface area contributed by atoms with Gasteiger partial charge in [-0.1, -0.05) is 26.0 Å². The van der Waals surface area contributed by atoms with Crippen LogP contribution in [-0.4, -0.2) is 218 Å². The van der Waals surface area contributed by atoms with Gasteiger partial charge in [-0.05, 0) is 67.3 Å². The van der Waals surface area contributed by atoms with Crippen LogP contribution in [0.3, 0.4) is 0 Å². The maximum atomic E-state index is 13.1. The summed E-state index contributed by atoms with van der Waals surface area (Å²) in [7, 11) is 0. The van der Waals surface area contributed by atoms with E-state index < -0.39 is 23.8 Å². The molecule has 2 aliphatic heterocycles. The fourth-order valence-corrected chi connectivity index (χ4v) is 8.55. The fraction of sp³-hybridized carbons (Fsp3) is 0.574. The molecule has 22 nitrogen and oxygen atoms in total. The van der Waals surface area contributed by atoms with Crippen molar-refractivity contribution < 1.29 is 59.0 Å². The summed E-state index contributed by atoms with van der Waals surface area (Å²) < 4.78 is 7.29. The van der Waals surface area contributed by atoms with Crippen LogP contribution in [0.2, 0.25) is 0 Å². The Morgan fingerprint density at radius 1 is 0.696 bits per heavy atom. The summed E-state index contributed by atoms with van der Waals surface area (Å²) in [6.45, 7) is 9.47. The van der Waals surface area contributed by atoms with Gasteiger partial charge in [0.25, 0.3) is 5.91 Å². The van der Waals surface area contributed by atoms with Gasteiger partial charge in [-0.15, -0.1) is 10.2 Å². The number of phenolic OH excluding ortho intramolecular Hbond substituents is 2. The molecule has 7 N–H and O–H groups in total. The predicted octanol–water partition coefficient (Wildman–Crippen LogP) is 0.998. The minimum absolute atomic E-state index is 0.00606. The first kappa shape index (κ1) is 53.8. The molecular weight excluding hydrogens is 897 g/mol. The first-order valence-corrected chi connectivity index (χ1v) is 23.6. The number of aliphatic carboxylic acids is 3. The molecule has 5 rings (SSSR count). The summed E-state index contributed by atoms with van der Waals surface area (Å²) in [4.78, 5) is 82.5. The van der Waals surface area contributed by atoms with E-state index in [9.17, 15) is 54.3 Å². The van der Waals surface area contributed by atoms with Crippen molar-refractivity contribution in [3.8, 4) is 28.6 Å². The Labute approximate surface area is 401 Å². The van der Waals surface area contributed by atoms with Crippen LogP contribution in [0.5, 0.6) is 11.5 Å². The Bertz CT molecular complexity index is 2180. The Hall–Kier alpha value is -6.20. The quantitative estimate of drug-likeness (QED) is 0.0733. The topological polar surface area (TPSA) is 284 Å². The monoisotopic (exact) mass is 965 g/mol. The van der Waals surface area contributed by atoms with E-state index in [2.05, 4.69) is 20.8 Å². The molecule has 2 aromatic carbocycles. The summed E-state index contributed by atoms with van der Waals surface area (Å²) in [5, 5.41) is 63.7. The van der Waals surface area contributed by atoms with Gasteiger partial charge in [-0.3, -0.25) is 52.9 Å². The van der Waals surface area contributed by atoms with Crippen LogP contribution >= 0.6 is 0 Å². The molecule has 0 spiro atoms. The van der Waals surface area contributed by atoms with E-state index >= 15 is 0 Å². The van der Waals surface area contributed by atoms with Crippen molar-refractivity contribution in [3.05, 3.63) is 53.3 Å². The number of rotatable bonds is 21. The van der Waals surface area contributed by atoms with Crippen molar-refractivity contribution in [2.75, 3.05) is 118 Å². The molecule has 2 saturated heterocycles. The van der Waals surface area contributed by atoms with Crippen LogP contribution in [0.25, 0.3) is 17.1 Å². The van der Waals surface area contributed by atoms with E-state index in [0.717, 1.165) is 24.8 Å². The van der Waals surface area contributed by atoms with Crippen LogP contribution in [0, 0.1) is 5.92 Å². The summed E-state index contributed by atoms with van der Waals surface area (Å²) in [5.74, 6) is -3.41. The molecule has 0 saturated carbocycles. The maximum absolute atomic E-state index is 13.1. The van der Waals surface area contributed by atoms with E-state index in [1.807, 2.05) is 47.9 Å². The minimum Gasteiger partial charge on any atom is -0.508 e. The number of likely N-dealkylation sites (tertiary alicyclic amines) is 1. The number of carboxylic acids is 3. The molecular formula is C47H68N10O12. The Morgan fingerprint density at radius 2 is 1.23 bits per heavy atom. The van der Waals surface area contributed by atoms with E-state index in [1.54, 1.807) is 32.3 Å². The maximum Gasteiger partial charge on any atom is 0.317 e. The van der Waals surface area contributed by atoms with Crippen molar-refractivity contribution in [2.24, 2.45) is 5.92 Å². The SMILES string of the molecule is CCNC(=O)c1nnc(-c2cc(C(C)C)c(O)cc2O)n1-c1ccc(CC2CCN(C(=O)CCOCCNC(=O)CN3CCN(CC(=O)O)CCN(CC(=O)O)CCN(CC(=O)O)CC3)CC2)cc1. The number of nitrogens with one attached hydrogen (secondary N) is 2. The molecule has 0 unspecified atom stereocenters. The molecule has 2 aliphatic rings. The van der Waals surface area contributed by atoms with Crippen molar-refractivity contribution in [3.63, 3.8) is 0 Å². The summed E-state index contributed by atoms with van der Waals surface area (Å²) >= 11 is 0. The lowest BCUT2D eigenvalue weighted by Crippen LogP contribution is -2.50. The summed E-state index contributed by atoms with van der Waals surface area (Å²) in [6.07, 6.45) is 2.65. The van der Waals surface area contributed by atoms with Crippen LogP contribution in [-0.2, 0) is 35.1 Å². The molecule has 0 radical (unpaired) electrons. The highest BCUT2D eigenvalue weighted by Gasteiger charge is 2.27. The number of ether oxygens (including phenoxy) is 1. The second-order valence-electron chi connectivity index (χ2n) is 17.8.